The molecule has 0 heterocycles. The van der Waals surface area contributed by atoms with E-state index in [-0.39, 0.29) is 5.54 Å². The Kier molecular flexibility index (Phi) is 8.31. The zero-order valence-corrected chi connectivity index (χ0v) is 14.7. The van der Waals surface area contributed by atoms with E-state index < -0.39 is 0 Å². The van der Waals surface area contributed by atoms with Crippen LogP contribution in [0.3, 0.4) is 0 Å². The third kappa shape index (κ3) is 8.45. The smallest absolute Gasteiger partial charge is 0.0472 e. The van der Waals surface area contributed by atoms with Crippen molar-refractivity contribution in [2.45, 2.75) is 58.4 Å². The van der Waals surface area contributed by atoms with Crippen molar-refractivity contribution in [1.29, 1.82) is 0 Å². The molecule has 3 heteroatoms. The second-order valence-electron chi connectivity index (χ2n) is 6.63. The van der Waals surface area contributed by atoms with Crippen molar-refractivity contribution in [2.24, 2.45) is 0 Å². The molecule has 0 saturated heterocycles. The van der Waals surface area contributed by atoms with Crippen molar-refractivity contribution in [3.8, 4) is 0 Å². The predicted molar refractivity (Wildman–Crippen MR) is 92.3 cm³/mol. The zero-order valence-electron chi connectivity index (χ0n) is 13.9. The van der Waals surface area contributed by atoms with E-state index in [1.54, 1.807) is 0 Å². The summed E-state index contributed by atoms with van der Waals surface area (Å²) < 4.78 is 5.73. The molecule has 0 aliphatic carbocycles. The molecule has 1 atom stereocenters. The van der Waals surface area contributed by atoms with Gasteiger partial charge in [-0.1, -0.05) is 37.1 Å². The summed E-state index contributed by atoms with van der Waals surface area (Å²) in [6, 6.07) is 8.20. The molecule has 0 saturated carbocycles. The number of hydrogen-bond donors (Lipinski definition) is 1. The van der Waals surface area contributed by atoms with Gasteiger partial charge in [-0.25, -0.2) is 0 Å². The highest BCUT2D eigenvalue weighted by molar-refractivity contribution is 6.30. The maximum Gasteiger partial charge on any atom is 0.0472 e. The van der Waals surface area contributed by atoms with Gasteiger partial charge in [-0.3, -0.25) is 0 Å². The Labute approximate surface area is 135 Å². The topological polar surface area (TPSA) is 21.3 Å². The average Bonchev–Trinajstić information content (AvgIpc) is 2.42. The number of halogens is 1. The van der Waals surface area contributed by atoms with E-state index in [1.807, 2.05) is 12.1 Å². The highest BCUT2D eigenvalue weighted by atomic mass is 35.5. The number of ether oxygens (including phenoxy) is 1. The van der Waals surface area contributed by atoms with Crippen molar-refractivity contribution in [1.82, 2.24) is 5.32 Å². The fraction of sp³-hybridized carbons (Fsp3) is 0.667. The summed E-state index contributed by atoms with van der Waals surface area (Å²) in [5.74, 6) is 0.461. The normalized spacial score (nSPS) is 13.4. The molecule has 0 aliphatic rings. The quantitative estimate of drug-likeness (QED) is 0.647. The Morgan fingerprint density at radius 1 is 1.14 bits per heavy atom. The Balaban J connectivity index is 2.55. The van der Waals surface area contributed by atoms with Crippen LogP contribution in [-0.4, -0.2) is 25.3 Å². The number of benzene rings is 1. The van der Waals surface area contributed by atoms with Gasteiger partial charge >= 0.3 is 0 Å². The summed E-state index contributed by atoms with van der Waals surface area (Å²) in [6.07, 6.45) is 3.37. The van der Waals surface area contributed by atoms with Crippen LogP contribution in [0.15, 0.2) is 24.3 Å². The fourth-order valence-electron chi connectivity index (χ4n) is 2.12. The van der Waals surface area contributed by atoms with E-state index in [2.05, 4.69) is 45.1 Å². The summed E-state index contributed by atoms with van der Waals surface area (Å²) in [5, 5.41) is 4.39. The van der Waals surface area contributed by atoms with Crippen LogP contribution in [0.4, 0.5) is 0 Å². The molecular formula is C18H30ClNO. The van der Waals surface area contributed by atoms with E-state index in [4.69, 9.17) is 16.3 Å². The minimum Gasteiger partial charge on any atom is -0.381 e. The minimum atomic E-state index is 0.133. The lowest BCUT2D eigenvalue weighted by atomic mass is 9.95. The highest BCUT2D eigenvalue weighted by Gasteiger charge is 2.16. The van der Waals surface area contributed by atoms with Gasteiger partial charge < -0.3 is 10.1 Å². The number of nitrogens with one attached hydrogen (secondary N) is 1. The van der Waals surface area contributed by atoms with Crippen LogP contribution in [0.2, 0.25) is 5.02 Å². The van der Waals surface area contributed by atoms with Crippen LogP contribution >= 0.6 is 11.6 Å². The van der Waals surface area contributed by atoms with Crippen molar-refractivity contribution >= 4 is 11.6 Å². The molecule has 21 heavy (non-hydrogen) atoms. The van der Waals surface area contributed by atoms with Gasteiger partial charge in [0.05, 0.1) is 0 Å². The Morgan fingerprint density at radius 2 is 1.81 bits per heavy atom. The summed E-state index contributed by atoms with van der Waals surface area (Å²) >= 11 is 5.99. The molecule has 1 rings (SSSR count). The zero-order chi connectivity index (χ0) is 15.7. The second kappa shape index (κ2) is 9.45. The fourth-order valence-corrected chi connectivity index (χ4v) is 2.25. The predicted octanol–water partition coefficient (Wildman–Crippen LogP) is 5.02. The first-order valence-electron chi connectivity index (χ1n) is 8.00. The molecule has 1 aromatic carbocycles. The second-order valence-corrected chi connectivity index (χ2v) is 7.07. The summed E-state index contributed by atoms with van der Waals surface area (Å²) in [7, 11) is 0. The first kappa shape index (κ1) is 18.5. The Hall–Kier alpha value is -0.570. The highest BCUT2D eigenvalue weighted by Crippen LogP contribution is 2.22. The largest absolute Gasteiger partial charge is 0.381 e. The van der Waals surface area contributed by atoms with Crippen LogP contribution in [0.5, 0.6) is 0 Å². The third-order valence-corrected chi connectivity index (χ3v) is 3.73. The number of hydrogen-bond acceptors (Lipinski definition) is 2. The van der Waals surface area contributed by atoms with Crippen LogP contribution in [0.25, 0.3) is 0 Å². The van der Waals surface area contributed by atoms with Gasteiger partial charge in [0, 0.05) is 30.3 Å². The standard InChI is InChI=1S/C18H30ClNO/c1-5-6-12-21-13-11-16(14-20-18(2,3)4)15-7-9-17(19)10-8-15/h7-10,16,20H,5-6,11-14H2,1-4H3. The van der Waals surface area contributed by atoms with Crippen molar-refractivity contribution < 1.29 is 4.74 Å². The lowest BCUT2D eigenvalue weighted by Gasteiger charge is -2.25. The lowest BCUT2D eigenvalue weighted by Crippen LogP contribution is -2.38. The minimum absolute atomic E-state index is 0.133. The molecule has 2 nitrogen and oxygen atoms in total. The van der Waals surface area contributed by atoms with Gasteiger partial charge in [0.2, 0.25) is 0 Å². The van der Waals surface area contributed by atoms with E-state index in [9.17, 15) is 0 Å². The van der Waals surface area contributed by atoms with Crippen LogP contribution < -0.4 is 5.32 Å². The Morgan fingerprint density at radius 3 is 2.38 bits per heavy atom. The lowest BCUT2D eigenvalue weighted by molar-refractivity contribution is 0.123. The number of rotatable bonds is 9. The first-order valence-corrected chi connectivity index (χ1v) is 8.38. The molecule has 0 aliphatic heterocycles. The number of unbranched alkanes of at least 4 members (excludes halogenated alkanes) is 1. The molecule has 1 N–H and O–H groups in total. The molecule has 1 aromatic rings. The van der Waals surface area contributed by atoms with Crippen LogP contribution in [-0.2, 0) is 4.74 Å². The van der Waals surface area contributed by atoms with E-state index in [0.29, 0.717) is 5.92 Å². The molecule has 0 amide bonds. The SMILES string of the molecule is CCCCOCCC(CNC(C)(C)C)c1ccc(Cl)cc1. The molecule has 1 unspecified atom stereocenters. The van der Waals surface area contributed by atoms with Gasteiger partial charge in [-0.05, 0) is 57.2 Å². The molecule has 0 fully saturated rings. The monoisotopic (exact) mass is 311 g/mol. The van der Waals surface area contributed by atoms with E-state index in [0.717, 1.165) is 37.6 Å². The molecule has 0 bridgehead atoms. The molecule has 120 valence electrons. The summed E-state index contributed by atoms with van der Waals surface area (Å²) in [6.45, 7) is 11.4. The first-order chi connectivity index (χ1) is 9.92. The maximum absolute atomic E-state index is 5.99. The summed E-state index contributed by atoms with van der Waals surface area (Å²) in [5.41, 5.74) is 1.46. The third-order valence-electron chi connectivity index (χ3n) is 3.47. The van der Waals surface area contributed by atoms with Crippen LogP contribution in [0, 0.1) is 0 Å². The van der Waals surface area contributed by atoms with E-state index in [1.165, 1.54) is 12.0 Å². The van der Waals surface area contributed by atoms with Crippen LogP contribution in [0.1, 0.15) is 58.4 Å². The molecule has 0 radical (unpaired) electrons. The van der Waals surface area contributed by atoms with E-state index >= 15 is 0 Å². The van der Waals surface area contributed by atoms with Gasteiger partial charge in [0.25, 0.3) is 0 Å². The van der Waals surface area contributed by atoms with Gasteiger partial charge in [-0.15, -0.1) is 0 Å². The summed E-state index contributed by atoms with van der Waals surface area (Å²) in [4.78, 5) is 0. The van der Waals surface area contributed by atoms with Crippen molar-refractivity contribution in [3.63, 3.8) is 0 Å². The maximum atomic E-state index is 5.99. The van der Waals surface area contributed by atoms with Crippen molar-refractivity contribution in [2.75, 3.05) is 19.8 Å². The molecular weight excluding hydrogens is 282 g/mol. The Bertz CT molecular complexity index is 383. The van der Waals surface area contributed by atoms with Crippen molar-refractivity contribution in [3.05, 3.63) is 34.9 Å². The van der Waals surface area contributed by atoms with Gasteiger partial charge in [0.1, 0.15) is 0 Å². The molecule has 0 spiro atoms. The molecule has 0 aromatic heterocycles. The average molecular weight is 312 g/mol. The van der Waals surface area contributed by atoms with Gasteiger partial charge in [-0.2, -0.15) is 0 Å². The van der Waals surface area contributed by atoms with Gasteiger partial charge in [0.15, 0.2) is 0 Å².